The fourth-order valence-electron chi connectivity index (χ4n) is 1.43. The van der Waals surface area contributed by atoms with Crippen molar-refractivity contribution in [3.8, 4) is 0 Å². The van der Waals surface area contributed by atoms with Gasteiger partial charge in [-0.15, -0.1) is 6.58 Å². The Morgan fingerprint density at radius 1 is 1.42 bits per heavy atom. The molecule has 0 spiro atoms. The van der Waals surface area contributed by atoms with Gasteiger partial charge in [-0.1, -0.05) is 25.8 Å². The molecule has 0 saturated carbocycles. The maximum atomic E-state index is 11.8. The third-order valence-electron chi connectivity index (χ3n) is 2.72. The zero-order chi connectivity index (χ0) is 15.1. The Balaban J connectivity index is 4.72. The second kappa shape index (κ2) is 7.93. The number of carboxylic acid groups (broad SMARTS) is 1. The maximum Gasteiger partial charge on any atom is 0.326 e. The molecule has 6 nitrogen and oxygen atoms in total. The first-order chi connectivity index (χ1) is 8.76. The van der Waals surface area contributed by atoms with Crippen LogP contribution in [0.1, 0.15) is 33.1 Å². The number of rotatable bonds is 9. The quantitative estimate of drug-likeness (QED) is 0.610. The Morgan fingerprint density at radius 3 is 2.42 bits per heavy atom. The lowest BCUT2D eigenvalue weighted by molar-refractivity contribution is -0.141. The lowest BCUT2D eigenvalue weighted by atomic mass is 10.1. The molecule has 2 unspecified atom stereocenters. The summed E-state index contributed by atoms with van der Waals surface area (Å²) in [5, 5.41) is 9.94. The summed E-state index contributed by atoms with van der Waals surface area (Å²) >= 11 is 0. The minimum atomic E-state index is -3.62. The highest BCUT2D eigenvalue weighted by molar-refractivity contribution is 7.92. The molecule has 0 aromatic heterocycles. The van der Waals surface area contributed by atoms with Gasteiger partial charge < -0.3 is 10.4 Å². The van der Waals surface area contributed by atoms with E-state index in [0.29, 0.717) is 6.42 Å². The average molecular weight is 291 g/mol. The van der Waals surface area contributed by atoms with Crippen molar-refractivity contribution in [1.82, 2.24) is 5.32 Å². The predicted octanol–water partition coefficient (Wildman–Crippen LogP) is 0.735. The number of unbranched alkanes of at least 4 members (excludes halogenated alkanes) is 1. The Bertz CT molecular complexity index is 429. The van der Waals surface area contributed by atoms with Crippen molar-refractivity contribution < 1.29 is 23.1 Å². The van der Waals surface area contributed by atoms with Crippen molar-refractivity contribution in [2.45, 2.75) is 44.4 Å². The smallest absolute Gasteiger partial charge is 0.326 e. The molecule has 7 heteroatoms. The van der Waals surface area contributed by atoms with E-state index in [1.807, 2.05) is 6.92 Å². The largest absolute Gasteiger partial charge is 0.480 e. The highest BCUT2D eigenvalue weighted by Gasteiger charge is 2.29. The molecule has 0 aliphatic rings. The third-order valence-corrected chi connectivity index (χ3v) is 4.71. The molecule has 0 aromatic rings. The Kier molecular flexibility index (Phi) is 7.36. The summed E-state index contributed by atoms with van der Waals surface area (Å²) in [6.07, 6.45) is 2.92. The highest BCUT2D eigenvalue weighted by Crippen LogP contribution is 2.06. The molecule has 0 aliphatic carbocycles. The number of sulfone groups is 1. The van der Waals surface area contributed by atoms with E-state index < -0.39 is 33.0 Å². The molecule has 0 heterocycles. The number of hydrogen-bond donors (Lipinski definition) is 2. The molecule has 2 N–H and O–H groups in total. The van der Waals surface area contributed by atoms with E-state index in [4.69, 9.17) is 5.11 Å². The normalized spacial score (nSPS) is 14.4. The van der Waals surface area contributed by atoms with Gasteiger partial charge in [0, 0.05) is 0 Å². The van der Waals surface area contributed by atoms with Gasteiger partial charge in [-0.3, -0.25) is 4.79 Å². The number of aliphatic carboxylic acids is 1. The number of carbonyl (C=O) groups is 2. The van der Waals surface area contributed by atoms with Crippen molar-refractivity contribution >= 4 is 21.7 Å². The Hall–Kier alpha value is -1.37. The predicted molar refractivity (Wildman–Crippen MR) is 72.5 cm³/mol. The lowest BCUT2D eigenvalue weighted by Crippen LogP contribution is -2.47. The molecule has 1 amide bonds. The molecule has 19 heavy (non-hydrogen) atoms. The second-order valence-corrected chi connectivity index (χ2v) is 6.67. The standard InChI is InChI=1S/C12H21NO5S/c1-4-6-7-10(12(15)16)13-11(14)9(3)19(17,18)8-5-2/h5,9-10H,2,4,6-8H2,1,3H3,(H,13,14)(H,15,16). The molecule has 0 rings (SSSR count). The zero-order valence-corrected chi connectivity index (χ0v) is 12.1. The molecule has 0 aromatic carbocycles. The highest BCUT2D eigenvalue weighted by atomic mass is 32.2. The van der Waals surface area contributed by atoms with Crippen molar-refractivity contribution in [3.63, 3.8) is 0 Å². The van der Waals surface area contributed by atoms with Gasteiger partial charge in [0.15, 0.2) is 9.84 Å². The number of carbonyl (C=O) groups excluding carboxylic acids is 1. The van der Waals surface area contributed by atoms with Gasteiger partial charge >= 0.3 is 5.97 Å². The molecule has 0 aliphatic heterocycles. The van der Waals surface area contributed by atoms with Gasteiger partial charge in [0.2, 0.25) is 5.91 Å². The molecular weight excluding hydrogens is 270 g/mol. The van der Waals surface area contributed by atoms with Crippen LogP contribution in [-0.2, 0) is 19.4 Å². The monoisotopic (exact) mass is 291 g/mol. The molecule has 0 fully saturated rings. The van der Waals surface area contributed by atoms with E-state index in [2.05, 4.69) is 11.9 Å². The van der Waals surface area contributed by atoms with Gasteiger partial charge in [0.05, 0.1) is 5.75 Å². The van der Waals surface area contributed by atoms with Gasteiger partial charge in [0.1, 0.15) is 11.3 Å². The third kappa shape index (κ3) is 5.87. The minimum Gasteiger partial charge on any atom is -0.480 e. The Morgan fingerprint density at radius 2 is 2.00 bits per heavy atom. The summed E-state index contributed by atoms with van der Waals surface area (Å²) in [4.78, 5) is 22.7. The van der Waals surface area contributed by atoms with E-state index in [1.165, 1.54) is 13.0 Å². The van der Waals surface area contributed by atoms with Crippen LogP contribution in [0.3, 0.4) is 0 Å². The van der Waals surface area contributed by atoms with E-state index in [1.54, 1.807) is 0 Å². The van der Waals surface area contributed by atoms with Gasteiger partial charge in [0.25, 0.3) is 0 Å². The van der Waals surface area contributed by atoms with Crippen LogP contribution >= 0.6 is 0 Å². The van der Waals surface area contributed by atoms with E-state index in [0.717, 1.165) is 6.42 Å². The first kappa shape index (κ1) is 17.6. The van der Waals surface area contributed by atoms with Crippen LogP contribution < -0.4 is 5.32 Å². The average Bonchev–Trinajstić information content (AvgIpc) is 2.32. The molecule has 110 valence electrons. The summed E-state index contributed by atoms with van der Waals surface area (Å²) in [6, 6.07) is -1.05. The van der Waals surface area contributed by atoms with Gasteiger partial charge in [-0.2, -0.15) is 0 Å². The number of hydrogen-bond acceptors (Lipinski definition) is 4. The van der Waals surface area contributed by atoms with E-state index in [9.17, 15) is 18.0 Å². The van der Waals surface area contributed by atoms with Crippen molar-refractivity contribution in [1.29, 1.82) is 0 Å². The fraction of sp³-hybridized carbons (Fsp3) is 0.667. The van der Waals surface area contributed by atoms with Gasteiger partial charge in [-0.05, 0) is 13.3 Å². The van der Waals surface area contributed by atoms with Crippen LogP contribution in [0, 0.1) is 0 Å². The first-order valence-corrected chi connectivity index (χ1v) is 7.83. The fourth-order valence-corrected chi connectivity index (χ4v) is 2.44. The maximum absolute atomic E-state index is 11.8. The van der Waals surface area contributed by atoms with Crippen LogP contribution in [0.15, 0.2) is 12.7 Å². The van der Waals surface area contributed by atoms with Crippen LogP contribution in [0.4, 0.5) is 0 Å². The second-order valence-electron chi connectivity index (χ2n) is 4.30. The summed E-state index contributed by atoms with van der Waals surface area (Å²) in [5.74, 6) is -2.26. The van der Waals surface area contributed by atoms with E-state index in [-0.39, 0.29) is 12.2 Å². The SMILES string of the molecule is C=CCS(=O)(=O)C(C)C(=O)NC(CCCC)C(=O)O. The lowest BCUT2D eigenvalue weighted by Gasteiger charge is -2.17. The number of carboxylic acids is 1. The van der Waals surface area contributed by atoms with Gasteiger partial charge in [-0.25, -0.2) is 13.2 Å². The molecule has 0 saturated heterocycles. The van der Waals surface area contributed by atoms with Crippen molar-refractivity contribution in [2.75, 3.05) is 5.75 Å². The topological polar surface area (TPSA) is 101 Å². The summed E-state index contributed by atoms with van der Waals surface area (Å²) < 4.78 is 23.3. The molecule has 2 atom stereocenters. The molecular formula is C12H21NO5S. The first-order valence-electron chi connectivity index (χ1n) is 6.11. The zero-order valence-electron chi connectivity index (χ0n) is 11.3. The van der Waals surface area contributed by atoms with E-state index >= 15 is 0 Å². The van der Waals surface area contributed by atoms with Crippen molar-refractivity contribution in [2.24, 2.45) is 0 Å². The molecule has 0 radical (unpaired) electrons. The Labute approximate surface area is 113 Å². The minimum absolute atomic E-state index is 0.284. The number of amides is 1. The van der Waals surface area contributed by atoms with Crippen LogP contribution in [0.5, 0.6) is 0 Å². The molecule has 0 bridgehead atoms. The van der Waals surface area contributed by atoms with Crippen LogP contribution in [0.25, 0.3) is 0 Å². The van der Waals surface area contributed by atoms with Crippen LogP contribution in [0.2, 0.25) is 0 Å². The van der Waals surface area contributed by atoms with Crippen LogP contribution in [-0.4, -0.2) is 42.4 Å². The summed E-state index contributed by atoms with van der Waals surface area (Å²) in [6.45, 7) is 6.46. The summed E-state index contributed by atoms with van der Waals surface area (Å²) in [5.41, 5.74) is 0. The number of nitrogens with one attached hydrogen (secondary N) is 1. The van der Waals surface area contributed by atoms with Crippen molar-refractivity contribution in [3.05, 3.63) is 12.7 Å². The summed E-state index contributed by atoms with van der Waals surface area (Å²) in [7, 11) is -3.62.